The molecule has 0 spiro atoms. The van der Waals surface area contributed by atoms with Crippen molar-refractivity contribution in [2.75, 3.05) is 6.61 Å². The number of aliphatic hydroxyl groups excluding tert-OH is 3. The monoisotopic (exact) mass is 282 g/mol. The topological polar surface area (TPSA) is 156 Å². The molecule has 9 nitrogen and oxygen atoms in total. The molecule has 0 bridgehead atoms. The van der Waals surface area contributed by atoms with Crippen LogP contribution in [0.4, 0.5) is 4.70 Å². The fourth-order valence-corrected chi connectivity index (χ4v) is 1.74. The smallest absolute Gasteiger partial charge is 0.330 e. The molecule has 0 saturated carbocycles. The first-order chi connectivity index (χ1) is 8.04. The minimum atomic E-state index is -1.35. The Balaban J connectivity index is 0.00000162. The van der Waals surface area contributed by atoms with Crippen LogP contribution in [0, 0.1) is 0 Å². The Kier molecular flexibility index (Phi) is 5.99. The summed E-state index contributed by atoms with van der Waals surface area (Å²) in [5.41, 5.74) is -1.33. The van der Waals surface area contributed by atoms with E-state index in [0.29, 0.717) is 0 Å². The lowest BCUT2D eigenvalue weighted by Gasteiger charge is -2.16. The van der Waals surface area contributed by atoms with Crippen molar-refractivity contribution in [3.8, 4) is 0 Å². The number of H-pyrrole nitrogens is 1. The van der Waals surface area contributed by atoms with Gasteiger partial charge in [0.05, 0.1) is 6.61 Å². The Labute approximate surface area is 105 Å². The summed E-state index contributed by atoms with van der Waals surface area (Å²) in [6.45, 7) is -0.479. The standard InChI is InChI=1S/C9H12N2O6.FH.H2O/c12-3-4-6(14)7(15)8(17-4)11-2-1-5(13)10-9(11)16;;/h1-2,4,6-8,12,14-15H,3H2,(H,10,13,16);1H;1H2/t4-,6-,7-,8-;;/m1../s1. The first-order valence-corrected chi connectivity index (χ1v) is 4.98. The molecule has 4 atom stereocenters. The van der Waals surface area contributed by atoms with Gasteiger partial charge in [0, 0.05) is 12.3 Å². The van der Waals surface area contributed by atoms with Crippen LogP contribution in [-0.4, -0.2) is 55.3 Å². The number of rotatable bonds is 2. The van der Waals surface area contributed by atoms with E-state index in [1.165, 1.54) is 0 Å². The van der Waals surface area contributed by atoms with Gasteiger partial charge in [0.25, 0.3) is 5.56 Å². The molecule has 1 saturated heterocycles. The number of halogens is 1. The van der Waals surface area contributed by atoms with Crippen molar-refractivity contribution < 1.29 is 30.2 Å². The second-order valence-corrected chi connectivity index (χ2v) is 3.75. The number of aromatic amines is 1. The molecule has 1 fully saturated rings. The highest BCUT2D eigenvalue weighted by Crippen LogP contribution is 2.27. The maximum Gasteiger partial charge on any atom is 0.330 e. The molecule has 2 rings (SSSR count). The number of nitrogens with one attached hydrogen (secondary N) is 1. The normalized spacial score (nSPS) is 29.4. The molecular weight excluding hydrogens is 267 g/mol. The fourth-order valence-electron chi connectivity index (χ4n) is 1.74. The number of hydrogen-bond donors (Lipinski definition) is 4. The molecule has 0 aliphatic carbocycles. The Morgan fingerprint density at radius 3 is 2.42 bits per heavy atom. The molecule has 2 heterocycles. The Bertz CT molecular complexity index is 516. The first kappa shape index (κ1) is 17.4. The average Bonchev–Trinajstić information content (AvgIpc) is 2.57. The van der Waals surface area contributed by atoms with Crippen LogP contribution >= 0.6 is 0 Å². The predicted octanol–water partition coefficient (Wildman–Crippen LogP) is -3.52. The van der Waals surface area contributed by atoms with Crippen molar-refractivity contribution in [3.05, 3.63) is 33.1 Å². The zero-order chi connectivity index (χ0) is 12.6. The van der Waals surface area contributed by atoms with Crippen LogP contribution in [0.1, 0.15) is 6.23 Å². The predicted molar refractivity (Wildman–Crippen MR) is 60.4 cm³/mol. The van der Waals surface area contributed by atoms with Crippen LogP contribution in [0.2, 0.25) is 0 Å². The third kappa shape index (κ3) is 3.05. The fraction of sp³-hybridized carbons (Fsp3) is 0.556. The lowest BCUT2D eigenvalue weighted by molar-refractivity contribution is -0.0550. The second-order valence-electron chi connectivity index (χ2n) is 3.75. The molecule has 0 radical (unpaired) electrons. The van der Waals surface area contributed by atoms with Gasteiger partial charge >= 0.3 is 5.69 Å². The molecule has 1 aliphatic heterocycles. The number of hydrogen-bond acceptors (Lipinski definition) is 6. The van der Waals surface area contributed by atoms with E-state index in [1.54, 1.807) is 0 Å². The van der Waals surface area contributed by atoms with E-state index in [1.807, 2.05) is 4.98 Å². The van der Waals surface area contributed by atoms with Crippen molar-refractivity contribution in [2.45, 2.75) is 24.5 Å². The van der Waals surface area contributed by atoms with Gasteiger partial charge in [-0.1, -0.05) is 0 Å². The maximum atomic E-state index is 11.4. The quantitative estimate of drug-likeness (QED) is 0.440. The second kappa shape index (κ2) is 6.54. The molecule has 1 aliphatic rings. The molecule has 0 amide bonds. The van der Waals surface area contributed by atoms with Crippen molar-refractivity contribution in [2.24, 2.45) is 0 Å². The number of aromatic nitrogens is 2. The molecule has 110 valence electrons. The number of aliphatic hydroxyl groups is 3. The molecule has 0 aromatic carbocycles. The van der Waals surface area contributed by atoms with Gasteiger partial charge in [-0.25, -0.2) is 4.79 Å². The minimum absolute atomic E-state index is 0. The highest BCUT2D eigenvalue weighted by Gasteiger charge is 2.43. The van der Waals surface area contributed by atoms with Crippen LogP contribution in [0.3, 0.4) is 0 Å². The maximum absolute atomic E-state index is 11.4. The van der Waals surface area contributed by atoms with E-state index in [4.69, 9.17) is 9.84 Å². The van der Waals surface area contributed by atoms with Gasteiger partial charge in [-0.05, 0) is 0 Å². The van der Waals surface area contributed by atoms with Crippen molar-refractivity contribution in [1.82, 2.24) is 9.55 Å². The average molecular weight is 282 g/mol. The van der Waals surface area contributed by atoms with E-state index in [0.717, 1.165) is 16.8 Å². The molecule has 1 aromatic rings. The zero-order valence-electron chi connectivity index (χ0n) is 9.59. The molecular formula is C9H15FN2O7. The van der Waals surface area contributed by atoms with Gasteiger partial charge in [0.15, 0.2) is 6.23 Å². The van der Waals surface area contributed by atoms with E-state index < -0.39 is 42.4 Å². The van der Waals surface area contributed by atoms with E-state index in [9.17, 15) is 19.8 Å². The van der Waals surface area contributed by atoms with Crippen molar-refractivity contribution in [3.63, 3.8) is 0 Å². The third-order valence-corrected chi connectivity index (χ3v) is 2.64. The van der Waals surface area contributed by atoms with Crippen LogP contribution in [0.5, 0.6) is 0 Å². The van der Waals surface area contributed by atoms with Gasteiger partial charge < -0.3 is 25.5 Å². The molecule has 0 unspecified atom stereocenters. The highest BCUT2D eigenvalue weighted by molar-refractivity contribution is 4.92. The van der Waals surface area contributed by atoms with E-state index in [-0.39, 0.29) is 10.2 Å². The summed E-state index contributed by atoms with van der Waals surface area (Å²) < 4.78 is 6.08. The summed E-state index contributed by atoms with van der Waals surface area (Å²) in [4.78, 5) is 24.3. The van der Waals surface area contributed by atoms with E-state index in [2.05, 4.69) is 0 Å². The molecule has 10 heteroatoms. The molecule has 19 heavy (non-hydrogen) atoms. The number of ether oxygens (including phenoxy) is 1. The van der Waals surface area contributed by atoms with Crippen LogP contribution in [0.15, 0.2) is 21.9 Å². The van der Waals surface area contributed by atoms with E-state index >= 15 is 0 Å². The number of nitrogens with zero attached hydrogens (tertiary/aromatic N) is 1. The lowest BCUT2D eigenvalue weighted by atomic mass is 10.1. The van der Waals surface area contributed by atoms with Crippen LogP contribution < -0.4 is 11.2 Å². The molecule has 6 N–H and O–H groups in total. The Morgan fingerprint density at radius 1 is 1.32 bits per heavy atom. The van der Waals surface area contributed by atoms with Crippen molar-refractivity contribution >= 4 is 0 Å². The van der Waals surface area contributed by atoms with Gasteiger partial charge in [0.2, 0.25) is 0 Å². The summed E-state index contributed by atoms with van der Waals surface area (Å²) >= 11 is 0. The highest BCUT2D eigenvalue weighted by atomic mass is 19.0. The van der Waals surface area contributed by atoms with Gasteiger partial charge in [-0.3, -0.25) is 19.1 Å². The summed E-state index contributed by atoms with van der Waals surface area (Å²) in [7, 11) is 0. The van der Waals surface area contributed by atoms with Crippen LogP contribution in [-0.2, 0) is 4.74 Å². The van der Waals surface area contributed by atoms with Gasteiger partial charge in [-0.2, -0.15) is 0 Å². The Hall–Kier alpha value is -1.59. The lowest BCUT2D eigenvalue weighted by Crippen LogP contribution is -2.37. The first-order valence-electron chi connectivity index (χ1n) is 4.98. The summed E-state index contributed by atoms with van der Waals surface area (Å²) in [5, 5.41) is 28.1. The Morgan fingerprint density at radius 2 is 1.95 bits per heavy atom. The largest absolute Gasteiger partial charge is 0.412 e. The molecule has 1 aromatic heterocycles. The summed E-state index contributed by atoms with van der Waals surface area (Å²) in [5.74, 6) is 0. The van der Waals surface area contributed by atoms with Gasteiger partial charge in [0.1, 0.15) is 18.3 Å². The zero-order valence-corrected chi connectivity index (χ0v) is 9.59. The van der Waals surface area contributed by atoms with Crippen LogP contribution in [0.25, 0.3) is 0 Å². The third-order valence-electron chi connectivity index (χ3n) is 2.64. The minimum Gasteiger partial charge on any atom is -0.412 e. The van der Waals surface area contributed by atoms with Gasteiger partial charge in [-0.15, -0.1) is 0 Å². The summed E-state index contributed by atoms with van der Waals surface area (Å²) in [6.07, 6.45) is -3.58. The SMILES string of the molecule is F.O.O=c1ccn([C@@H]2O[C@H](CO)[C@@H](O)[C@H]2O)c(=O)[nH]1. The summed E-state index contributed by atoms with van der Waals surface area (Å²) in [6, 6.07) is 1.09. The van der Waals surface area contributed by atoms with Crippen molar-refractivity contribution in [1.29, 1.82) is 0 Å².